The van der Waals surface area contributed by atoms with Crippen molar-refractivity contribution < 1.29 is 0 Å². The lowest BCUT2D eigenvalue weighted by Crippen LogP contribution is -2.07. The lowest BCUT2D eigenvalue weighted by molar-refractivity contribution is 0.990. The molecule has 1 N–H and O–H groups in total. The predicted molar refractivity (Wildman–Crippen MR) is 102 cm³/mol. The number of benzene rings is 3. The SMILES string of the molecule is Brc1ccc(/C=C/C(Nc2ccccc2)c2ccccc2)cc1. The van der Waals surface area contributed by atoms with E-state index in [2.05, 4.69) is 94.1 Å². The second-order valence-corrected chi connectivity index (χ2v) is 6.23. The van der Waals surface area contributed by atoms with Crippen LogP contribution in [0.4, 0.5) is 5.69 Å². The van der Waals surface area contributed by atoms with Gasteiger partial charge in [0.1, 0.15) is 0 Å². The Kier molecular flexibility index (Phi) is 5.28. The highest BCUT2D eigenvalue weighted by Crippen LogP contribution is 2.22. The Morgan fingerprint density at radius 1 is 0.739 bits per heavy atom. The molecule has 0 fully saturated rings. The van der Waals surface area contributed by atoms with E-state index in [0.717, 1.165) is 10.2 Å². The van der Waals surface area contributed by atoms with E-state index < -0.39 is 0 Å². The molecule has 0 aliphatic heterocycles. The Morgan fingerprint density at radius 3 is 2.00 bits per heavy atom. The lowest BCUT2D eigenvalue weighted by Gasteiger charge is -2.17. The van der Waals surface area contributed by atoms with E-state index >= 15 is 0 Å². The third-order valence-electron chi connectivity index (χ3n) is 3.61. The fourth-order valence-electron chi connectivity index (χ4n) is 2.40. The van der Waals surface area contributed by atoms with E-state index in [9.17, 15) is 0 Å². The molecule has 114 valence electrons. The van der Waals surface area contributed by atoms with Crippen LogP contribution in [0.2, 0.25) is 0 Å². The maximum Gasteiger partial charge on any atom is 0.0701 e. The van der Waals surface area contributed by atoms with Gasteiger partial charge in [-0.05, 0) is 35.4 Å². The molecule has 0 saturated heterocycles. The highest BCUT2D eigenvalue weighted by atomic mass is 79.9. The maximum absolute atomic E-state index is 3.58. The first-order valence-corrected chi connectivity index (χ1v) is 8.41. The van der Waals surface area contributed by atoms with Gasteiger partial charge in [-0.1, -0.05) is 88.7 Å². The predicted octanol–water partition coefficient (Wildman–Crippen LogP) is 6.32. The summed E-state index contributed by atoms with van der Waals surface area (Å²) in [6.07, 6.45) is 4.35. The second kappa shape index (κ2) is 7.80. The number of anilines is 1. The van der Waals surface area contributed by atoms with E-state index in [-0.39, 0.29) is 6.04 Å². The number of hydrogen-bond acceptors (Lipinski definition) is 1. The van der Waals surface area contributed by atoms with E-state index in [1.165, 1.54) is 11.1 Å². The van der Waals surface area contributed by atoms with Crippen LogP contribution in [-0.4, -0.2) is 0 Å². The van der Waals surface area contributed by atoms with Crippen LogP contribution < -0.4 is 5.32 Å². The minimum atomic E-state index is 0.127. The summed E-state index contributed by atoms with van der Waals surface area (Å²) in [5.41, 5.74) is 3.54. The largest absolute Gasteiger partial charge is 0.375 e. The van der Waals surface area contributed by atoms with Gasteiger partial charge in [-0.2, -0.15) is 0 Å². The monoisotopic (exact) mass is 363 g/mol. The molecule has 0 heterocycles. The van der Waals surface area contributed by atoms with Crippen LogP contribution in [0.3, 0.4) is 0 Å². The number of hydrogen-bond donors (Lipinski definition) is 1. The first kappa shape index (κ1) is 15.6. The van der Waals surface area contributed by atoms with Gasteiger partial charge in [0.05, 0.1) is 6.04 Å². The quantitative estimate of drug-likeness (QED) is 0.559. The van der Waals surface area contributed by atoms with Crippen LogP contribution in [0.15, 0.2) is 95.5 Å². The molecule has 0 aliphatic carbocycles. The van der Waals surface area contributed by atoms with Crippen LogP contribution in [0.1, 0.15) is 17.2 Å². The summed E-state index contributed by atoms with van der Waals surface area (Å²) in [4.78, 5) is 0. The molecule has 1 nitrogen and oxygen atoms in total. The number of para-hydroxylation sites is 1. The highest BCUT2D eigenvalue weighted by molar-refractivity contribution is 9.10. The molecule has 0 radical (unpaired) electrons. The third kappa shape index (κ3) is 4.57. The molecule has 0 amide bonds. The maximum atomic E-state index is 3.58. The standard InChI is InChI=1S/C21H18BrN/c22-19-14-11-17(12-15-19)13-16-21(18-7-3-1-4-8-18)23-20-9-5-2-6-10-20/h1-16,21,23H/b16-13+. The molecule has 2 heteroatoms. The second-order valence-electron chi connectivity index (χ2n) is 5.31. The molecule has 1 unspecified atom stereocenters. The van der Waals surface area contributed by atoms with E-state index in [4.69, 9.17) is 0 Å². The molecule has 0 bridgehead atoms. The van der Waals surface area contributed by atoms with Gasteiger partial charge < -0.3 is 5.32 Å². The van der Waals surface area contributed by atoms with Gasteiger partial charge in [-0.3, -0.25) is 0 Å². The summed E-state index contributed by atoms with van der Waals surface area (Å²) in [5.74, 6) is 0. The number of halogens is 1. The minimum absolute atomic E-state index is 0.127. The van der Waals surface area contributed by atoms with Gasteiger partial charge in [0.15, 0.2) is 0 Å². The van der Waals surface area contributed by atoms with Crippen LogP contribution in [0.25, 0.3) is 6.08 Å². The summed E-state index contributed by atoms with van der Waals surface area (Å²) in [6.45, 7) is 0. The van der Waals surface area contributed by atoms with Gasteiger partial charge in [-0.15, -0.1) is 0 Å². The summed E-state index contributed by atoms with van der Waals surface area (Å²) >= 11 is 3.47. The van der Waals surface area contributed by atoms with Crippen molar-refractivity contribution in [2.24, 2.45) is 0 Å². The van der Waals surface area contributed by atoms with Gasteiger partial charge in [-0.25, -0.2) is 0 Å². The molecular formula is C21H18BrN. The molecule has 0 spiro atoms. The average molecular weight is 364 g/mol. The Hall–Kier alpha value is -2.32. The molecule has 0 saturated carbocycles. The normalized spacial score (nSPS) is 12.2. The van der Waals surface area contributed by atoms with Gasteiger partial charge in [0.2, 0.25) is 0 Å². The Morgan fingerprint density at radius 2 is 1.35 bits per heavy atom. The van der Waals surface area contributed by atoms with Crippen LogP contribution in [0.5, 0.6) is 0 Å². The molecule has 0 aliphatic rings. The first-order chi connectivity index (χ1) is 11.3. The molecule has 3 aromatic rings. The van der Waals surface area contributed by atoms with Crippen molar-refractivity contribution in [3.05, 3.63) is 107 Å². The molecule has 3 aromatic carbocycles. The summed E-state index contributed by atoms with van der Waals surface area (Å²) < 4.78 is 1.09. The molecular weight excluding hydrogens is 346 g/mol. The zero-order valence-corrected chi connectivity index (χ0v) is 14.3. The van der Waals surface area contributed by atoms with E-state index in [1.807, 2.05) is 24.3 Å². The van der Waals surface area contributed by atoms with Crippen molar-refractivity contribution in [1.29, 1.82) is 0 Å². The topological polar surface area (TPSA) is 12.0 Å². The van der Waals surface area contributed by atoms with E-state index in [0.29, 0.717) is 0 Å². The number of rotatable bonds is 5. The molecule has 3 rings (SSSR count). The fraction of sp³-hybridized carbons (Fsp3) is 0.0476. The first-order valence-electron chi connectivity index (χ1n) is 7.61. The Labute approximate surface area is 145 Å². The highest BCUT2D eigenvalue weighted by Gasteiger charge is 2.07. The molecule has 1 atom stereocenters. The minimum Gasteiger partial charge on any atom is -0.375 e. The fourth-order valence-corrected chi connectivity index (χ4v) is 2.66. The zero-order valence-electron chi connectivity index (χ0n) is 12.7. The summed E-state index contributed by atoms with van der Waals surface area (Å²) in [6, 6.07) is 29.2. The van der Waals surface area contributed by atoms with Crippen molar-refractivity contribution >= 4 is 27.7 Å². The van der Waals surface area contributed by atoms with Crippen molar-refractivity contribution in [2.45, 2.75) is 6.04 Å². The van der Waals surface area contributed by atoms with Gasteiger partial charge in [0, 0.05) is 10.2 Å². The van der Waals surface area contributed by atoms with Gasteiger partial charge >= 0.3 is 0 Å². The smallest absolute Gasteiger partial charge is 0.0701 e. The van der Waals surface area contributed by atoms with Gasteiger partial charge in [0.25, 0.3) is 0 Å². The van der Waals surface area contributed by atoms with Crippen molar-refractivity contribution in [1.82, 2.24) is 0 Å². The number of nitrogens with one attached hydrogen (secondary N) is 1. The lowest BCUT2D eigenvalue weighted by atomic mass is 10.0. The zero-order chi connectivity index (χ0) is 15.9. The van der Waals surface area contributed by atoms with Crippen LogP contribution >= 0.6 is 15.9 Å². The third-order valence-corrected chi connectivity index (χ3v) is 4.13. The Balaban J connectivity index is 1.84. The summed E-state index contributed by atoms with van der Waals surface area (Å²) in [5, 5.41) is 3.58. The molecule has 0 aromatic heterocycles. The van der Waals surface area contributed by atoms with Crippen molar-refractivity contribution in [2.75, 3.05) is 5.32 Å². The average Bonchev–Trinajstić information content (AvgIpc) is 2.61. The van der Waals surface area contributed by atoms with E-state index in [1.54, 1.807) is 0 Å². The Bertz CT molecular complexity index is 749. The van der Waals surface area contributed by atoms with Crippen LogP contribution in [-0.2, 0) is 0 Å². The van der Waals surface area contributed by atoms with Crippen LogP contribution in [0, 0.1) is 0 Å². The van der Waals surface area contributed by atoms with Crippen molar-refractivity contribution in [3.8, 4) is 0 Å². The van der Waals surface area contributed by atoms with Crippen molar-refractivity contribution in [3.63, 3.8) is 0 Å². The molecule has 23 heavy (non-hydrogen) atoms. The summed E-state index contributed by atoms with van der Waals surface area (Å²) in [7, 11) is 0.